The van der Waals surface area contributed by atoms with E-state index in [1.54, 1.807) is 31.0 Å². The summed E-state index contributed by atoms with van der Waals surface area (Å²) in [4.78, 5) is 25.5. The molecule has 0 spiro atoms. The van der Waals surface area contributed by atoms with Gasteiger partial charge in [-0.05, 0) is 111 Å². The van der Waals surface area contributed by atoms with Crippen molar-refractivity contribution in [3.63, 3.8) is 0 Å². The van der Waals surface area contributed by atoms with Crippen molar-refractivity contribution in [3.8, 4) is 22.8 Å². The molecule has 0 saturated carbocycles. The Labute approximate surface area is 316 Å². The molecule has 52 heavy (non-hydrogen) atoms. The molecule has 258 valence electrons. The quantitative estimate of drug-likeness (QED) is 0.131. The number of rotatable bonds is 4. The second-order valence-corrected chi connectivity index (χ2v) is 14.3. The fourth-order valence-corrected chi connectivity index (χ4v) is 5.90. The summed E-state index contributed by atoms with van der Waals surface area (Å²) >= 11 is 2.25. The molecule has 0 amide bonds. The van der Waals surface area contributed by atoms with Crippen LogP contribution >= 0.6 is 22.6 Å². The van der Waals surface area contributed by atoms with Gasteiger partial charge < -0.3 is 9.31 Å². The Bertz CT molecular complexity index is 2370. The summed E-state index contributed by atoms with van der Waals surface area (Å²) in [7, 11) is -0.302. The van der Waals surface area contributed by atoms with Crippen LogP contribution in [0.25, 0.3) is 44.6 Å². The standard InChI is InChI=1S/C17H12N4.C12H8IN3.C11H16BNO2/c1-2-14(10-18-7-1)15-3-4-17(20-11-15)21-9-6-13-5-8-19-12-16(13)21;13-10-1-2-12(15-7-10)16-6-4-9-3-5-14-8-11(9)16;1-10(2)11(3,4)15-12(14-10)9-6-5-7-13-8-9/h1-12H;1-8H;5-8H,1-4H3. The third-order valence-corrected chi connectivity index (χ3v) is 9.79. The van der Waals surface area contributed by atoms with Gasteiger partial charge in [-0.25, -0.2) is 9.97 Å². The van der Waals surface area contributed by atoms with Crippen LogP contribution in [0.3, 0.4) is 0 Å². The minimum Gasteiger partial charge on any atom is -0.399 e. The highest BCUT2D eigenvalue weighted by Crippen LogP contribution is 2.36. The van der Waals surface area contributed by atoms with E-state index in [-0.39, 0.29) is 18.3 Å². The van der Waals surface area contributed by atoms with Crippen LogP contribution < -0.4 is 5.46 Å². The second-order valence-electron chi connectivity index (χ2n) is 13.1. The number of hydrogen-bond donors (Lipinski definition) is 0. The molecule has 0 N–H and O–H groups in total. The van der Waals surface area contributed by atoms with Crippen molar-refractivity contribution in [1.82, 2.24) is 39.0 Å². The number of hydrogen-bond acceptors (Lipinski definition) is 8. The zero-order valence-corrected chi connectivity index (χ0v) is 31.4. The summed E-state index contributed by atoms with van der Waals surface area (Å²) in [6.45, 7) is 8.18. The molecule has 1 aliphatic rings. The van der Waals surface area contributed by atoms with E-state index in [1.807, 2.05) is 135 Å². The summed E-state index contributed by atoms with van der Waals surface area (Å²) < 4.78 is 17.0. The third kappa shape index (κ3) is 7.64. The van der Waals surface area contributed by atoms with Crippen molar-refractivity contribution in [2.45, 2.75) is 38.9 Å². The summed E-state index contributed by atoms with van der Waals surface area (Å²) in [5.74, 6) is 1.80. The largest absolute Gasteiger partial charge is 0.496 e. The average Bonchev–Trinajstić information content (AvgIpc) is 3.87. The second kappa shape index (κ2) is 15.1. The van der Waals surface area contributed by atoms with Gasteiger partial charge in [0.05, 0.1) is 34.6 Å². The van der Waals surface area contributed by atoms with Crippen molar-refractivity contribution in [2.75, 3.05) is 0 Å². The van der Waals surface area contributed by atoms with Crippen LogP contribution in [0, 0.1) is 3.57 Å². The van der Waals surface area contributed by atoms with Crippen LogP contribution in [-0.2, 0) is 9.31 Å². The molecule has 1 fully saturated rings. The molecule has 0 aromatic carbocycles. The Hall–Kier alpha value is -5.31. The highest BCUT2D eigenvalue weighted by Gasteiger charge is 2.51. The summed E-state index contributed by atoms with van der Waals surface area (Å²) in [6.07, 6.45) is 22.2. The van der Waals surface area contributed by atoms with Gasteiger partial charge in [0.25, 0.3) is 0 Å². The number of aromatic nitrogens is 8. The Balaban J connectivity index is 0.000000124. The molecular weight excluding hydrogens is 762 g/mol. The third-order valence-electron chi connectivity index (χ3n) is 9.15. The maximum Gasteiger partial charge on any atom is 0.496 e. The van der Waals surface area contributed by atoms with E-state index in [2.05, 4.69) is 70.7 Å². The molecule has 8 aromatic rings. The van der Waals surface area contributed by atoms with Crippen LogP contribution in [0.5, 0.6) is 0 Å². The minimum atomic E-state index is -0.302. The summed E-state index contributed by atoms with van der Waals surface area (Å²) in [5.41, 5.74) is 4.66. The van der Waals surface area contributed by atoms with E-state index in [9.17, 15) is 0 Å². The lowest BCUT2D eigenvalue weighted by molar-refractivity contribution is 0.00578. The van der Waals surface area contributed by atoms with E-state index >= 15 is 0 Å². The number of halogens is 1. The smallest absolute Gasteiger partial charge is 0.399 e. The molecule has 0 aliphatic carbocycles. The van der Waals surface area contributed by atoms with Gasteiger partial charge in [-0.1, -0.05) is 12.1 Å². The Morgan fingerprint density at radius 3 is 1.58 bits per heavy atom. The first kappa shape index (κ1) is 35.1. The van der Waals surface area contributed by atoms with Gasteiger partial charge in [-0.15, -0.1) is 0 Å². The van der Waals surface area contributed by atoms with Crippen molar-refractivity contribution in [1.29, 1.82) is 0 Å². The molecule has 1 saturated heterocycles. The SMILES string of the molecule is CC1(C)OB(c2cccnc2)OC1(C)C.Ic1ccc(-n2ccc3ccncc32)nc1.c1cncc(-c2ccc(-n3ccc4ccncc43)nc2)c1. The van der Waals surface area contributed by atoms with Crippen molar-refractivity contribution in [2.24, 2.45) is 0 Å². The van der Waals surface area contributed by atoms with Gasteiger partial charge >= 0.3 is 7.12 Å². The molecule has 0 radical (unpaired) electrons. The van der Waals surface area contributed by atoms with Crippen LogP contribution in [-0.4, -0.2) is 57.4 Å². The average molecular weight is 798 g/mol. The fraction of sp³-hybridized carbons (Fsp3) is 0.150. The summed E-state index contributed by atoms with van der Waals surface area (Å²) in [6, 6.07) is 24.1. The molecule has 10 nitrogen and oxygen atoms in total. The molecule has 1 aliphatic heterocycles. The monoisotopic (exact) mass is 798 g/mol. The number of fused-ring (bicyclic) bond motifs is 2. The first-order valence-corrected chi connectivity index (χ1v) is 17.8. The molecule has 0 bridgehead atoms. The van der Waals surface area contributed by atoms with Crippen molar-refractivity contribution >= 4 is 57.0 Å². The maximum absolute atomic E-state index is 5.89. The van der Waals surface area contributed by atoms with E-state index in [0.29, 0.717) is 0 Å². The highest BCUT2D eigenvalue weighted by atomic mass is 127. The lowest BCUT2D eigenvalue weighted by Gasteiger charge is -2.32. The molecule has 9 rings (SSSR count). The lowest BCUT2D eigenvalue weighted by Crippen LogP contribution is -2.41. The van der Waals surface area contributed by atoms with Crippen LogP contribution in [0.2, 0.25) is 0 Å². The molecule has 8 aromatic heterocycles. The first-order chi connectivity index (χ1) is 25.2. The maximum atomic E-state index is 5.89. The van der Waals surface area contributed by atoms with Crippen LogP contribution in [0.1, 0.15) is 27.7 Å². The zero-order valence-electron chi connectivity index (χ0n) is 29.2. The van der Waals surface area contributed by atoms with Gasteiger partial charge in [0.2, 0.25) is 0 Å². The fourth-order valence-electron chi connectivity index (χ4n) is 5.59. The minimum absolute atomic E-state index is 0.284. The van der Waals surface area contributed by atoms with Gasteiger partial charge in [0, 0.05) is 92.9 Å². The van der Waals surface area contributed by atoms with Gasteiger partial charge in [0.1, 0.15) is 11.6 Å². The van der Waals surface area contributed by atoms with Crippen LogP contribution in [0.15, 0.2) is 147 Å². The Morgan fingerprint density at radius 2 is 1.08 bits per heavy atom. The molecule has 12 heteroatoms. The molecule has 0 atom stereocenters. The van der Waals surface area contributed by atoms with Crippen molar-refractivity contribution in [3.05, 3.63) is 151 Å². The predicted molar refractivity (Wildman–Crippen MR) is 214 cm³/mol. The van der Waals surface area contributed by atoms with Gasteiger partial charge in [-0.3, -0.25) is 29.1 Å². The predicted octanol–water partition coefficient (Wildman–Crippen LogP) is 7.89. The molecular formula is C40H36BIN8O2. The van der Waals surface area contributed by atoms with E-state index < -0.39 is 0 Å². The van der Waals surface area contributed by atoms with E-state index in [0.717, 1.165) is 48.2 Å². The highest BCUT2D eigenvalue weighted by molar-refractivity contribution is 14.1. The first-order valence-electron chi connectivity index (χ1n) is 16.7. The van der Waals surface area contributed by atoms with Crippen LogP contribution in [0.4, 0.5) is 0 Å². The van der Waals surface area contributed by atoms with E-state index in [1.165, 1.54) is 5.39 Å². The van der Waals surface area contributed by atoms with Gasteiger partial charge in [0.15, 0.2) is 0 Å². The lowest BCUT2D eigenvalue weighted by atomic mass is 9.80. The Morgan fingerprint density at radius 1 is 0.538 bits per heavy atom. The number of pyridine rings is 6. The van der Waals surface area contributed by atoms with Crippen molar-refractivity contribution < 1.29 is 9.31 Å². The zero-order chi connectivity index (χ0) is 36.1. The Kier molecular flexibility index (Phi) is 10.2. The topological polar surface area (TPSA) is 106 Å². The summed E-state index contributed by atoms with van der Waals surface area (Å²) in [5, 5.41) is 2.33. The number of nitrogens with zero attached hydrogens (tertiary/aromatic N) is 8. The van der Waals surface area contributed by atoms with E-state index in [4.69, 9.17) is 9.31 Å². The molecule has 9 heterocycles. The normalized spacial score (nSPS) is 14.4. The van der Waals surface area contributed by atoms with Gasteiger partial charge in [-0.2, -0.15) is 0 Å². The molecule has 0 unspecified atom stereocenters.